The molecule has 7 heteroatoms. The van der Waals surface area contributed by atoms with E-state index in [2.05, 4.69) is 10.3 Å². The van der Waals surface area contributed by atoms with E-state index in [1.807, 2.05) is 0 Å². The molecule has 2 heterocycles. The van der Waals surface area contributed by atoms with Gasteiger partial charge in [-0.3, -0.25) is 14.6 Å². The summed E-state index contributed by atoms with van der Waals surface area (Å²) in [5.74, 6) is -0.715. The minimum atomic E-state index is -1.21. The molecule has 5 nitrogen and oxygen atoms in total. The Morgan fingerprint density at radius 2 is 2.03 bits per heavy atom. The molecule has 4 rings (SSSR count). The number of benzene rings is 1. The zero-order valence-corrected chi connectivity index (χ0v) is 16.5. The van der Waals surface area contributed by atoms with Gasteiger partial charge in [-0.15, -0.1) is 0 Å². The number of rotatable bonds is 3. The fraction of sp³-hybridized carbons (Fsp3) is 0.409. The highest BCUT2D eigenvalue weighted by atomic mass is 19.1. The summed E-state index contributed by atoms with van der Waals surface area (Å²) in [5.41, 5.74) is 3.91. The molecule has 2 amide bonds. The van der Waals surface area contributed by atoms with E-state index in [1.54, 1.807) is 32.4 Å². The molecule has 1 aromatic heterocycles. The van der Waals surface area contributed by atoms with Crippen LogP contribution in [0.15, 0.2) is 24.5 Å². The van der Waals surface area contributed by atoms with Gasteiger partial charge in [0.15, 0.2) is 0 Å². The lowest BCUT2D eigenvalue weighted by Crippen LogP contribution is -2.37. The Hall–Kier alpha value is -2.83. The molecular weight excluding hydrogens is 376 g/mol. The number of fused-ring (bicyclic) bond motifs is 2. The second-order valence-corrected chi connectivity index (χ2v) is 7.62. The van der Waals surface area contributed by atoms with Crippen LogP contribution in [0, 0.1) is 5.82 Å². The second-order valence-electron chi connectivity index (χ2n) is 7.62. The van der Waals surface area contributed by atoms with E-state index in [0.717, 1.165) is 11.1 Å². The average molecular weight is 399 g/mol. The summed E-state index contributed by atoms with van der Waals surface area (Å²) in [6.07, 6.45) is 3.85. The quantitative estimate of drug-likeness (QED) is 0.857. The van der Waals surface area contributed by atoms with E-state index < -0.39 is 18.0 Å². The van der Waals surface area contributed by atoms with Gasteiger partial charge in [-0.25, -0.2) is 8.78 Å². The monoisotopic (exact) mass is 399 g/mol. The molecule has 0 spiro atoms. The van der Waals surface area contributed by atoms with Gasteiger partial charge >= 0.3 is 0 Å². The van der Waals surface area contributed by atoms with Gasteiger partial charge in [0.2, 0.25) is 11.8 Å². The lowest BCUT2D eigenvalue weighted by molar-refractivity contribution is -0.122. The topological polar surface area (TPSA) is 62.3 Å². The smallest absolute Gasteiger partial charge is 0.227 e. The molecule has 0 fully saturated rings. The van der Waals surface area contributed by atoms with Gasteiger partial charge < -0.3 is 10.2 Å². The van der Waals surface area contributed by atoms with Gasteiger partial charge in [-0.2, -0.15) is 0 Å². The molecule has 29 heavy (non-hydrogen) atoms. The predicted molar refractivity (Wildman–Crippen MR) is 106 cm³/mol. The van der Waals surface area contributed by atoms with Gasteiger partial charge in [0, 0.05) is 49.1 Å². The van der Waals surface area contributed by atoms with E-state index in [4.69, 9.17) is 0 Å². The lowest BCUT2D eigenvalue weighted by Gasteiger charge is -2.31. The molecule has 1 aliphatic carbocycles. The summed E-state index contributed by atoms with van der Waals surface area (Å²) in [7, 11) is 1.65. The first kappa shape index (κ1) is 19.5. The number of anilines is 1. The lowest BCUT2D eigenvalue weighted by atomic mass is 9.83. The molecule has 1 unspecified atom stereocenters. The number of alkyl halides is 1. The van der Waals surface area contributed by atoms with Crippen molar-refractivity contribution in [3.8, 4) is 11.1 Å². The van der Waals surface area contributed by atoms with Crippen LogP contribution in [0.4, 0.5) is 14.5 Å². The molecule has 2 aromatic rings. The Kier molecular flexibility index (Phi) is 5.06. The summed E-state index contributed by atoms with van der Waals surface area (Å²) in [6.45, 7) is 1.71. The Bertz CT molecular complexity index is 992. The Morgan fingerprint density at radius 3 is 2.79 bits per heavy atom. The normalized spacial score (nSPS) is 20.8. The number of aromatic nitrogens is 1. The van der Waals surface area contributed by atoms with Gasteiger partial charge in [-0.1, -0.05) is 6.92 Å². The number of nitrogens with one attached hydrogen (secondary N) is 1. The largest absolute Gasteiger partial charge is 0.346 e. The molecule has 1 N–H and O–H groups in total. The molecule has 2 aliphatic rings. The highest BCUT2D eigenvalue weighted by molar-refractivity contribution is 5.96. The van der Waals surface area contributed by atoms with E-state index in [-0.39, 0.29) is 24.7 Å². The van der Waals surface area contributed by atoms with Gasteiger partial charge in [0.1, 0.15) is 12.0 Å². The molecule has 2 atom stereocenters. The number of hydrogen-bond donors (Lipinski definition) is 1. The maximum absolute atomic E-state index is 15.1. The zero-order chi connectivity index (χ0) is 20.7. The third kappa shape index (κ3) is 3.39. The van der Waals surface area contributed by atoms with Gasteiger partial charge in [0.25, 0.3) is 0 Å². The van der Waals surface area contributed by atoms with Crippen LogP contribution in [-0.2, 0) is 22.4 Å². The van der Waals surface area contributed by atoms with Crippen molar-refractivity contribution in [3.63, 3.8) is 0 Å². The fourth-order valence-electron chi connectivity index (χ4n) is 4.24. The minimum absolute atomic E-state index is 0.0353. The number of halogens is 2. The van der Waals surface area contributed by atoms with Crippen molar-refractivity contribution in [1.82, 2.24) is 10.3 Å². The minimum Gasteiger partial charge on any atom is -0.346 e. The van der Waals surface area contributed by atoms with Crippen molar-refractivity contribution in [1.29, 1.82) is 0 Å². The first-order valence-corrected chi connectivity index (χ1v) is 9.90. The van der Waals surface area contributed by atoms with Crippen molar-refractivity contribution in [3.05, 3.63) is 47.0 Å². The molecular formula is C22H23F2N3O2. The zero-order valence-electron chi connectivity index (χ0n) is 16.5. The first-order valence-electron chi connectivity index (χ1n) is 9.90. The van der Waals surface area contributed by atoms with Crippen molar-refractivity contribution in [2.45, 2.75) is 51.2 Å². The number of nitrogens with zero attached hydrogens (tertiary/aromatic N) is 2. The predicted octanol–water partition coefficient (Wildman–Crippen LogP) is 3.65. The summed E-state index contributed by atoms with van der Waals surface area (Å²) >= 11 is 0. The van der Waals surface area contributed by atoms with Crippen molar-refractivity contribution < 1.29 is 18.4 Å². The third-order valence-corrected chi connectivity index (χ3v) is 5.90. The number of carbonyl (C=O) groups excluding carboxylic acids is 2. The van der Waals surface area contributed by atoms with Crippen LogP contribution in [0.5, 0.6) is 0 Å². The van der Waals surface area contributed by atoms with E-state index >= 15 is 4.39 Å². The van der Waals surface area contributed by atoms with E-state index in [1.165, 1.54) is 11.0 Å². The molecule has 1 aliphatic heterocycles. The van der Waals surface area contributed by atoms with Crippen molar-refractivity contribution in [2.24, 2.45) is 0 Å². The molecule has 0 radical (unpaired) electrons. The highest BCUT2D eigenvalue weighted by Gasteiger charge is 2.33. The van der Waals surface area contributed by atoms with Crippen LogP contribution in [0.25, 0.3) is 11.1 Å². The average Bonchev–Trinajstić information content (AvgIpc) is 2.72. The van der Waals surface area contributed by atoms with Gasteiger partial charge in [-0.05, 0) is 48.1 Å². The van der Waals surface area contributed by atoms with Crippen LogP contribution >= 0.6 is 0 Å². The Balaban J connectivity index is 1.80. The first-order chi connectivity index (χ1) is 13.9. The number of pyridine rings is 1. The number of aryl methyl sites for hydroxylation is 1. The SMILES string of the molecule is CCC(=O)N[C@H]1c2cncc(-c3cc4c(cc3F)N(C)C(=O)CC4)c2CCC1F. The Labute approximate surface area is 168 Å². The number of amides is 2. The maximum atomic E-state index is 15.1. The Morgan fingerprint density at radius 1 is 1.24 bits per heavy atom. The maximum Gasteiger partial charge on any atom is 0.227 e. The summed E-state index contributed by atoms with van der Waals surface area (Å²) in [4.78, 5) is 29.5. The van der Waals surface area contributed by atoms with Gasteiger partial charge in [0.05, 0.1) is 6.04 Å². The van der Waals surface area contributed by atoms with Crippen LogP contribution in [0.3, 0.4) is 0 Å². The van der Waals surface area contributed by atoms with Crippen LogP contribution in [0.2, 0.25) is 0 Å². The number of carbonyl (C=O) groups is 2. The van der Waals surface area contributed by atoms with Crippen molar-refractivity contribution >= 4 is 17.5 Å². The third-order valence-electron chi connectivity index (χ3n) is 5.90. The fourth-order valence-corrected chi connectivity index (χ4v) is 4.24. The summed E-state index contributed by atoms with van der Waals surface area (Å²) in [6, 6.07) is 2.38. The van der Waals surface area contributed by atoms with E-state index in [9.17, 15) is 14.0 Å². The number of hydrogen-bond acceptors (Lipinski definition) is 3. The highest BCUT2D eigenvalue weighted by Crippen LogP contribution is 2.40. The second kappa shape index (κ2) is 7.54. The standard InChI is InChI=1S/C22H23F2N3O2/c1-3-20(28)26-22-16-11-25-10-15(13(16)5-6-17(22)23)14-8-12-4-7-21(29)27(2)19(12)9-18(14)24/h8-11,17,22H,3-7H2,1-2H3,(H,26,28)/t17?,22-/m0/s1. The van der Waals surface area contributed by atoms with Crippen LogP contribution < -0.4 is 10.2 Å². The molecule has 0 saturated heterocycles. The van der Waals surface area contributed by atoms with E-state index in [0.29, 0.717) is 41.6 Å². The van der Waals surface area contributed by atoms with Crippen molar-refractivity contribution in [2.75, 3.05) is 11.9 Å². The molecule has 0 bridgehead atoms. The summed E-state index contributed by atoms with van der Waals surface area (Å²) in [5, 5.41) is 2.74. The summed E-state index contributed by atoms with van der Waals surface area (Å²) < 4.78 is 29.7. The van der Waals surface area contributed by atoms with Crippen LogP contribution in [-0.4, -0.2) is 30.0 Å². The molecule has 152 valence electrons. The van der Waals surface area contributed by atoms with Crippen LogP contribution in [0.1, 0.15) is 48.9 Å². The molecule has 0 saturated carbocycles. The molecule has 1 aromatic carbocycles.